The van der Waals surface area contributed by atoms with E-state index in [1.807, 2.05) is 0 Å². The molecule has 0 fully saturated rings. The number of hydrogen-bond donors (Lipinski definition) is 2. The van der Waals surface area contributed by atoms with Gasteiger partial charge in [0.2, 0.25) is 0 Å². The number of pyridine rings is 1. The molecule has 0 saturated carbocycles. The van der Waals surface area contributed by atoms with Gasteiger partial charge in [0, 0.05) is 19.3 Å². The summed E-state index contributed by atoms with van der Waals surface area (Å²) in [4.78, 5) is 16.3. The second-order valence-electron chi connectivity index (χ2n) is 5.57. The second kappa shape index (κ2) is 6.38. The van der Waals surface area contributed by atoms with Crippen LogP contribution in [0.15, 0.2) is 18.3 Å². The predicted molar refractivity (Wildman–Crippen MR) is 74.8 cm³/mol. The standard InChI is InChI=1S/C14H23N3O/c1-5-8-15-12-11(7-6-9-16-12)13(18)17-10-14(2,3)4/h6-7,9H,5,8,10H2,1-4H3,(H,15,16)(H,17,18). The van der Waals surface area contributed by atoms with Crippen LogP contribution in [0.2, 0.25) is 0 Å². The number of carbonyl (C=O) groups is 1. The maximum atomic E-state index is 12.1. The van der Waals surface area contributed by atoms with E-state index in [0.717, 1.165) is 13.0 Å². The van der Waals surface area contributed by atoms with Gasteiger partial charge in [-0.2, -0.15) is 0 Å². The largest absolute Gasteiger partial charge is 0.369 e. The van der Waals surface area contributed by atoms with Gasteiger partial charge in [-0.05, 0) is 24.0 Å². The number of amides is 1. The van der Waals surface area contributed by atoms with E-state index >= 15 is 0 Å². The summed E-state index contributed by atoms with van der Waals surface area (Å²) >= 11 is 0. The third-order valence-corrected chi connectivity index (χ3v) is 2.37. The zero-order valence-electron chi connectivity index (χ0n) is 11.7. The van der Waals surface area contributed by atoms with Gasteiger partial charge in [-0.25, -0.2) is 4.98 Å². The van der Waals surface area contributed by atoms with Crippen LogP contribution in [-0.4, -0.2) is 24.0 Å². The Morgan fingerprint density at radius 1 is 1.39 bits per heavy atom. The summed E-state index contributed by atoms with van der Waals surface area (Å²) in [5, 5.41) is 6.11. The van der Waals surface area contributed by atoms with Gasteiger partial charge < -0.3 is 10.6 Å². The third kappa shape index (κ3) is 4.73. The number of anilines is 1. The first-order valence-corrected chi connectivity index (χ1v) is 6.41. The first-order chi connectivity index (χ1) is 8.44. The van der Waals surface area contributed by atoms with Crippen molar-refractivity contribution in [2.75, 3.05) is 18.4 Å². The van der Waals surface area contributed by atoms with Gasteiger partial charge >= 0.3 is 0 Å². The molecule has 4 heteroatoms. The van der Waals surface area contributed by atoms with Crippen LogP contribution in [0.4, 0.5) is 5.82 Å². The zero-order chi connectivity index (χ0) is 13.6. The van der Waals surface area contributed by atoms with Crippen molar-refractivity contribution in [2.24, 2.45) is 5.41 Å². The van der Waals surface area contributed by atoms with E-state index in [2.05, 4.69) is 43.3 Å². The molecule has 0 aromatic carbocycles. The molecule has 1 rings (SSSR count). The van der Waals surface area contributed by atoms with E-state index in [9.17, 15) is 4.79 Å². The molecule has 18 heavy (non-hydrogen) atoms. The van der Waals surface area contributed by atoms with Gasteiger partial charge in [0.25, 0.3) is 5.91 Å². The molecular weight excluding hydrogens is 226 g/mol. The maximum absolute atomic E-state index is 12.1. The molecule has 0 aliphatic carbocycles. The first kappa shape index (κ1) is 14.5. The van der Waals surface area contributed by atoms with E-state index in [1.165, 1.54) is 0 Å². The third-order valence-electron chi connectivity index (χ3n) is 2.37. The minimum Gasteiger partial charge on any atom is -0.369 e. The highest BCUT2D eigenvalue weighted by Crippen LogP contribution is 2.14. The van der Waals surface area contributed by atoms with Crippen molar-refractivity contribution in [1.29, 1.82) is 0 Å². The number of aromatic nitrogens is 1. The van der Waals surface area contributed by atoms with Gasteiger partial charge in [-0.1, -0.05) is 27.7 Å². The Balaban J connectivity index is 2.72. The SMILES string of the molecule is CCCNc1ncccc1C(=O)NCC(C)(C)C. The molecule has 100 valence electrons. The molecule has 0 bridgehead atoms. The summed E-state index contributed by atoms with van der Waals surface area (Å²) in [5.41, 5.74) is 0.685. The molecule has 0 atom stereocenters. The van der Waals surface area contributed by atoms with Crippen LogP contribution >= 0.6 is 0 Å². The Kier molecular flexibility index (Phi) is 5.13. The molecule has 0 radical (unpaired) electrons. The van der Waals surface area contributed by atoms with E-state index in [4.69, 9.17) is 0 Å². The summed E-state index contributed by atoms with van der Waals surface area (Å²) in [7, 11) is 0. The Labute approximate surface area is 109 Å². The fourth-order valence-electron chi connectivity index (χ4n) is 1.41. The average molecular weight is 249 g/mol. The van der Waals surface area contributed by atoms with Crippen molar-refractivity contribution in [3.05, 3.63) is 23.9 Å². The van der Waals surface area contributed by atoms with E-state index < -0.39 is 0 Å². The van der Waals surface area contributed by atoms with Crippen molar-refractivity contribution in [1.82, 2.24) is 10.3 Å². The van der Waals surface area contributed by atoms with Gasteiger partial charge in [0.1, 0.15) is 5.82 Å². The number of rotatable bonds is 5. The van der Waals surface area contributed by atoms with Gasteiger partial charge in [0.05, 0.1) is 5.56 Å². The second-order valence-corrected chi connectivity index (χ2v) is 5.57. The highest BCUT2D eigenvalue weighted by Gasteiger charge is 2.15. The summed E-state index contributed by atoms with van der Waals surface area (Å²) in [6, 6.07) is 3.58. The summed E-state index contributed by atoms with van der Waals surface area (Å²) < 4.78 is 0. The molecule has 0 aliphatic heterocycles. The monoisotopic (exact) mass is 249 g/mol. The maximum Gasteiger partial charge on any atom is 0.255 e. The minimum absolute atomic E-state index is 0.0726. The number of nitrogens with zero attached hydrogens (tertiary/aromatic N) is 1. The molecule has 1 aromatic rings. The molecule has 0 saturated heterocycles. The fourth-order valence-corrected chi connectivity index (χ4v) is 1.41. The quantitative estimate of drug-likeness (QED) is 0.843. The molecule has 0 aliphatic rings. The number of carbonyl (C=O) groups excluding carboxylic acids is 1. The molecule has 1 heterocycles. The molecular formula is C14H23N3O. The zero-order valence-corrected chi connectivity index (χ0v) is 11.7. The van der Waals surface area contributed by atoms with Crippen molar-refractivity contribution < 1.29 is 4.79 Å². The highest BCUT2D eigenvalue weighted by atomic mass is 16.1. The van der Waals surface area contributed by atoms with E-state index in [1.54, 1.807) is 18.3 Å². The lowest BCUT2D eigenvalue weighted by Gasteiger charge is -2.19. The molecule has 2 N–H and O–H groups in total. The van der Waals surface area contributed by atoms with Crippen LogP contribution in [-0.2, 0) is 0 Å². The molecule has 4 nitrogen and oxygen atoms in total. The predicted octanol–water partition coefficient (Wildman–Crippen LogP) is 2.68. The van der Waals surface area contributed by atoms with Crippen LogP contribution in [0.5, 0.6) is 0 Å². The van der Waals surface area contributed by atoms with E-state index in [0.29, 0.717) is 17.9 Å². The Bertz CT molecular complexity index is 396. The molecule has 1 aromatic heterocycles. The Morgan fingerprint density at radius 2 is 2.11 bits per heavy atom. The lowest BCUT2D eigenvalue weighted by molar-refractivity contribution is 0.0940. The summed E-state index contributed by atoms with van der Waals surface area (Å²) in [6.45, 7) is 9.81. The number of hydrogen-bond acceptors (Lipinski definition) is 3. The Hall–Kier alpha value is -1.58. The lowest BCUT2D eigenvalue weighted by atomic mass is 9.97. The van der Waals surface area contributed by atoms with Crippen LogP contribution in [0.25, 0.3) is 0 Å². The number of nitrogens with one attached hydrogen (secondary N) is 2. The van der Waals surface area contributed by atoms with E-state index in [-0.39, 0.29) is 11.3 Å². The van der Waals surface area contributed by atoms with Crippen LogP contribution in [0.3, 0.4) is 0 Å². The minimum atomic E-state index is -0.0726. The van der Waals surface area contributed by atoms with Crippen LogP contribution < -0.4 is 10.6 Å². The molecule has 0 spiro atoms. The van der Waals surface area contributed by atoms with Gasteiger partial charge in [0.15, 0.2) is 0 Å². The average Bonchev–Trinajstić information content (AvgIpc) is 2.33. The van der Waals surface area contributed by atoms with Gasteiger partial charge in [-0.15, -0.1) is 0 Å². The first-order valence-electron chi connectivity index (χ1n) is 6.41. The normalized spacial score (nSPS) is 11.1. The van der Waals surface area contributed by atoms with Crippen molar-refractivity contribution in [3.63, 3.8) is 0 Å². The molecule has 1 amide bonds. The van der Waals surface area contributed by atoms with Crippen LogP contribution in [0.1, 0.15) is 44.5 Å². The van der Waals surface area contributed by atoms with Crippen molar-refractivity contribution in [3.8, 4) is 0 Å². The highest BCUT2D eigenvalue weighted by molar-refractivity contribution is 5.98. The topological polar surface area (TPSA) is 54.0 Å². The smallest absolute Gasteiger partial charge is 0.255 e. The molecule has 0 unspecified atom stereocenters. The lowest BCUT2D eigenvalue weighted by Crippen LogP contribution is -2.32. The van der Waals surface area contributed by atoms with Gasteiger partial charge in [-0.3, -0.25) is 4.79 Å². The fraction of sp³-hybridized carbons (Fsp3) is 0.571. The van der Waals surface area contributed by atoms with Crippen molar-refractivity contribution in [2.45, 2.75) is 34.1 Å². The Morgan fingerprint density at radius 3 is 2.72 bits per heavy atom. The van der Waals surface area contributed by atoms with Crippen LogP contribution in [0, 0.1) is 5.41 Å². The summed E-state index contributed by atoms with van der Waals surface area (Å²) in [6.07, 6.45) is 2.69. The summed E-state index contributed by atoms with van der Waals surface area (Å²) in [5.74, 6) is 0.586. The van der Waals surface area contributed by atoms with Crippen molar-refractivity contribution >= 4 is 11.7 Å².